The Morgan fingerprint density at radius 3 is 2.27 bits per heavy atom. The zero-order chi connectivity index (χ0) is 8.85. The molecule has 64 valence electrons. The Labute approximate surface area is 68.2 Å². The van der Waals surface area contributed by atoms with Crippen LogP contribution >= 0.6 is 0 Å². The predicted octanol–water partition coefficient (Wildman–Crippen LogP) is 2.15. The van der Waals surface area contributed by atoms with Crippen molar-refractivity contribution in [3.05, 3.63) is 12.2 Å². The number of ether oxygens (including phenoxy) is 1. The topological polar surface area (TPSA) is 26.3 Å². The smallest absolute Gasteiger partial charge is 0.308 e. The van der Waals surface area contributed by atoms with E-state index in [-0.39, 0.29) is 18.0 Å². The summed E-state index contributed by atoms with van der Waals surface area (Å²) in [4.78, 5) is 11.0. The Bertz CT molecular complexity index is 148. The summed E-state index contributed by atoms with van der Waals surface area (Å²) >= 11 is 0. The maximum Gasteiger partial charge on any atom is 0.308 e. The molecule has 0 fully saturated rings. The fraction of sp³-hybridized carbons (Fsp3) is 0.667. The zero-order valence-corrected chi connectivity index (χ0v) is 7.63. The van der Waals surface area contributed by atoms with Crippen LogP contribution in [0.15, 0.2) is 12.2 Å². The molecule has 0 saturated heterocycles. The lowest BCUT2D eigenvalue weighted by atomic mass is 10.2. The van der Waals surface area contributed by atoms with Crippen LogP contribution < -0.4 is 0 Å². The molecule has 1 unspecified atom stereocenters. The van der Waals surface area contributed by atoms with Crippen molar-refractivity contribution >= 4 is 5.97 Å². The van der Waals surface area contributed by atoms with E-state index < -0.39 is 0 Å². The maximum absolute atomic E-state index is 11.0. The van der Waals surface area contributed by atoms with Crippen molar-refractivity contribution in [3.8, 4) is 0 Å². The second-order valence-corrected chi connectivity index (χ2v) is 2.82. The number of hydrogen-bond acceptors (Lipinski definition) is 2. The standard InChI is InChI=1S/C9H16O2/c1-5-6-8(4)11-9(10)7(2)3/h5-8H,1-4H3/b6-5-. The van der Waals surface area contributed by atoms with Crippen LogP contribution in [0.2, 0.25) is 0 Å². The van der Waals surface area contributed by atoms with E-state index in [4.69, 9.17) is 4.74 Å². The third-order valence-corrected chi connectivity index (χ3v) is 1.24. The van der Waals surface area contributed by atoms with E-state index in [2.05, 4.69) is 0 Å². The third kappa shape index (κ3) is 4.59. The highest BCUT2D eigenvalue weighted by Gasteiger charge is 2.10. The van der Waals surface area contributed by atoms with Gasteiger partial charge < -0.3 is 4.74 Å². The summed E-state index contributed by atoms with van der Waals surface area (Å²) in [6.07, 6.45) is 3.62. The second-order valence-electron chi connectivity index (χ2n) is 2.82. The maximum atomic E-state index is 11.0. The van der Waals surface area contributed by atoms with Crippen LogP contribution in [0.5, 0.6) is 0 Å². The molecule has 0 amide bonds. The molecule has 0 aliphatic carbocycles. The number of carbonyl (C=O) groups excluding carboxylic acids is 1. The first-order valence-corrected chi connectivity index (χ1v) is 3.91. The molecule has 0 aromatic heterocycles. The van der Waals surface area contributed by atoms with Gasteiger partial charge in [0.25, 0.3) is 0 Å². The molecular formula is C9H16O2. The van der Waals surface area contributed by atoms with Crippen LogP contribution in [0.3, 0.4) is 0 Å². The van der Waals surface area contributed by atoms with Crippen molar-refractivity contribution < 1.29 is 9.53 Å². The molecule has 0 aromatic rings. The first-order valence-electron chi connectivity index (χ1n) is 3.91. The van der Waals surface area contributed by atoms with Crippen LogP contribution in [0.4, 0.5) is 0 Å². The molecule has 0 spiro atoms. The van der Waals surface area contributed by atoms with E-state index in [1.54, 1.807) is 0 Å². The predicted molar refractivity (Wildman–Crippen MR) is 45.2 cm³/mol. The minimum Gasteiger partial charge on any atom is -0.458 e. The highest BCUT2D eigenvalue weighted by Crippen LogP contribution is 2.00. The van der Waals surface area contributed by atoms with Gasteiger partial charge in [0.1, 0.15) is 6.10 Å². The fourth-order valence-corrected chi connectivity index (χ4v) is 0.630. The average molecular weight is 156 g/mol. The van der Waals surface area contributed by atoms with Gasteiger partial charge >= 0.3 is 5.97 Å². The SMILES string of the molecule is C/C=C\C(C)OC(=O)C(C)C. The first-order chi connectivity index (χ1) is 5.07. The first kappa shape index (κ1) is 10.2. The van der Waals surface area contributed by atoms with Gasteiger partial charge in [-0.15, -0.1) is 0 Å². The van der Waals surface area contributed by atoms with Crippen LogP contribution in [0, 0.1) is 5.92 Å². The normalized spacial score (nSPS) is 13.9. The number of esters is 1. The molecule has 1 atom stereocenters. The van der Waals surface area contributed by atoms with E-state index in [1.807, 2.05) is 39.8 Å². The minimum atomic E-state index is -0.143. The van der Waals surface area contributed by atoms with Crippen molar-refractivity contribution in [1.29, 1.82) is 0 Å². The molecule has 0 rings (SSSR count). The summed E-state index contributed by atoms with van der Waals surface area (Å²) in [7, 11) is 0. The van der Waals surface area contributed by atoms with E-state index in [1.165, 1.54) is 0 Å². The number of rotatable bonds is 3. The molecule has 2 nitrogen and oxygen atoms in total. The summed E-state index contributed by atoms with van der Waals surface area (Å²) in [5.74, 6) is -0.182. The second kappa shape index (κ2) is 4.94. The van der Waals surface area contributed by atoms with Gasteiger partial charge in [0.05, 0.1) is 5.92 Å². The van der Waals surface area contributed by atoms with Crippen molar-refractivity contribution in [2.75, 3.05) is 0 Å². The summed E-state index contributed by atoms with van der Waals surface area (Å²) in [5.41, 5.74) is 0. The number of allylic oxidation sites excluding steroid dienone is 1. The zero-order valence-electron chi connectivity index (χ0n) is 7.63. The van der Waals surface area contributed by atoms with Gasteiger partial charge in [0, 0.05) is 0 Å². The molecule has 0 heterocycles. The minimum absolute atomic E-state index is 0.0392. The van der Waals surface area contributed by atoms with Gasteiger partial charge in [0.2, 0.25) is 0 Å². The Balaban J connectivity index is 3.75. The molecule has 11 heavy (non-hydrogen) atoms. The van der Waals surface area contributed by atoms with Gasteiger partial charge in [-0.1, -0.05) is 19.9 Å². The molecule has 0 bridgehead atoms. The highest BCUT2D eigenvalue weighted by atomic mass is 16.5. The van der Waals surface area contributed by atoms with Gasteiger partial charge in [-0.2, -0.15) is 0 Å². The average Bonchev–Trinajstić information content (AvgIpc) is 1.87. The lowest BCUT2D eigenvalue weighted by Gasteiger charge is -2.10. The van der Waals surface area contributed by atoms with Crippen LogP contribution in [0.25, 0.3) is 0 Å². The van der Waals surface area contributed by atoms with Crippen LogP contribution in [-0.4, -0.2) is 12.1 Å². The van der Waals surface area contributed by atoms with Gasteiger partial charge in [0.15, 0.2) is 0 Å². The monoisotopic (exact) mass is 156 g/mol. The Kier molecular flexibility index (Phi) is 4.59. The Morgan fingerprint density at radius 1 is 1.36 bits per heavy atom. The van der Waals surface area contributed by atoms with Crippen LogP contribution in [-0.2, 0) is 9.53 Å². The van der Waals surface area contributed by atoms with Crippen molar-refractivity contribution in [2.24, 2.45) is 5.92 Å². The molecule has 0 aliphatic heterocycles. The van der Waals surface area contributed by atoms with Gasteiger partial charge in [-0.25, -0.2) is 0 Å². The van der Waals surface area contributed by atoms with Crippen molar-refractivity contribution in [1.82, 2.24) is 0 Å². The molecule has 0 aliphatic rings. The molecule has 0 radical (unpaired) electrons. The number of hydrogen-bond donors (Lipinski definition) is 0. The summed E-state index contributed by atoms with van der Waals surface area (Å²) in [6, 6.07) is 0. The lowest BCUT2D eigenvalue weighted by Crippen LogP contribution is -2.17. The van der Waals surface area contributed by atoms with Crippen LogP contribution in [0.1, 0.15) is 27.7 Å². The Hall–Kier alpha value is -0.790. The van der Waals surface area contributed by atoms with Crippen molar-refractivity contribution in [3.63, 3.8) is 0 Å². The van der Waals surface area contributed by atoms with E-state index >= 15 is 0 Å². The van der Waals surface area contributed by atoms with E-state index in [0.717, 1.165) is 0 Å². The summed E-state index contributed by atoms with van der Waals surface area (Å²) < 4.78 is 5.03. The fourth-order valence-electron chi connectivity index (χ4n) is 0.630. The molecule has 0 aromatic carbocycles. The van der Waals surface area contributed by atoms with E-state index in [9.17, 15) is 4.79 Å². The summed E-state index contributed by atoms with van der Waals surface area (Å²) in [6.45, 7) is 7.40. The van der Waals surface area contributed by atoms with Crippen molar-refractivity contribution in [2.45, 2.75) is 33.8 Å². The largest absolute Gasteiger partial charge is 0.458 e. The highest BCUT2D eigenvalue weighted by molar-refractivity contribution is 5.71. The van der Waals surface area contributed by atoms with E-state index in [0.29, 0.717) is 0 Å². The molecule has 2 heteroatoms. The number of carbonyl (C=O) groups is 1. The molecule has 0 saturated carbocycles. The van der Waals surface area contributed by atoms with Gasteiger partial charge in [-0.05, 0) is 19.9 Å². The molecule has 0 N–H and O–H groups in total. The molecular weight excluding hydrogens is 140 g/mol. The summed E-state index contributed by atoms with van der Waals surface area (Å²) in [5, 5.41) is 0. The third-order valence-electron chi connectivity index (χ3n) is 1.24. The quantitative estimate of drug-likeness (QED) is 0.462. The van der Waals surface area contributed by atoms with Gasteiger partial charge in [-0.3, -0.25) is 4.79 Å². The Morgan fingerprint density at radius 2 is 1.91 bits per heavy atom. The lowest BCUT2D eigenvalue weighted by molar-refractivity contribution is -0.149.